The number of esters is 1. The Balaban J connectivity index is 1.77. The summed E-state index contributed by atoms with van der Waals surface area (Å²) in [5.41, 5.74) is 1.42. The van der Waals surface area contributed by atoms with Crippen molar-refractivity contribution in [1.29, 1.82) is 0 Å². The van der Waals surface area contributed by atoms with Crippen LogP contribution in [0.25, 0.3) is 0 Å². The number of piperidine rings is 1. The Labute approximate surface area is 343 Å². The first kappa shape index (κ1) is 47.4. The lowest BCUT2D eigenvalue weighted by Crippen LogP contribution is -2.52. The van der Waals surface area contributed by atoms with Crippen molar-refractivity contribution in [3.63, 3.8) is 0 Å². The van der Waals surface area contributed by atoms with Crippen LogP contribution in [0.1, 0.15) is 129 Å². The van der Waals surface area contributed by atoms with Crippen LogP contribution in [0.15, 0.2) is 35.7 Å². The van der Waals surface area contributed by atoms with Gasteiger partial charge in [0.25, 0.3) is 5.91 Å². The Morgan fingerprint density at radius 3 is 2.21 bits per heavy atom. The molecule has 1 saturated heterocycles. The summed E-state index contributed by atoms with van der Waals surface area (Å²) in [7, 11) is 1.77. The van der Waals surface area contributed by atoms with Crippen LogP contribution in [0, 0.1) is 23.7 Å². The maximum Gasteiger partial charge on any atom is 0.303 e. The predicted molar refractivity (Wildman–Crippen MR) is 229 cm³/mol. The first-order valence-electron chi connectivity index (χ1n) is 20.7. The van der Waals surface area contributed by atoms with Gasteiger partial charge in [-0.1, -0.05) is 92.6 Å². The number of likely N-dealkylation sites (tertiary alicyclic amines) is 1. The topological polar surface area (TPSA) is 118 Å². The molecule has 1 aliphatic heterocycles. The molecule has 314 valence electrons. The molecular weight excluding hydrogens is 741 g/mol. The molecule has 6 atom stereocenters. The van der Waals surface area contributed by atoms with Crippen LogP contribution in [-0.2, 0) is 30.0 Å². The highest BCUT2D eigenvalue weighted by Crippen LogP contribution is 2.39. The molecular formula is C44H72N4O6SSi. The van der Waals surface area contributed by atoms with E-state index in [4.69, 9.17) is 14.1 Å². The zero-order chi connectivity index (χ0) is 42.1. The lowest BCUT2D eigenvalue weighted by atomic mass is 9.84. The Kier molecular flexibility index (Phi) is 17.5. The maximum absolute atomic E-state index is 14.4. The SMILES string of the molecule is CC(=O)O[C@H](C[C@H](C(C)C)N(C)C(=O)[C@@H](CC(=O)[C@H]1C[C@H](O[Si](C)(C)C(C)(C)C)CCN1C)C(C)C)c1nc(C(=O)N[C@@H](Cc2ccccc2)CC(C)C)cs1. The number of likely N-dealkylation sites (N-methyl/N-ethyl adjacent to an activating group) is 1. The van der Waals surface area contributed by atoms with E-state index >= 15 is 0 Å². The van der Waals surface area contributed by atoms with Gasteiger partial charge in [0.05, 0.1) is 6.04 Å². The van der Waals surface area contributed by atoms with E-state index in [2.05, 4.69) is 70.1 Å². The molecule has 2 aromatic rings. The molecule has 1 aromatic carbocycles. The number of aromatic nitrogens is 1. The van der Waals surface area contributed by atoms with Crippen molar-refractivity contribution in [1.82, 2.24) is 20.1 Å². The van der Waals surface area contributed by atoms with Gasteiger partial charge in [-0.05, 0) is 74.2 Å². The van der Waals surface area contributed by atoms with Gasteiger partial charge in [-0.15, -0.1) is 11.3 Å². The highest BCUT2D eigenvalue weighted by Gasteiger charge is 2.43. The van der Waals surface area contributed by atoms with Gasteiger partial charge in [0, 0.05) is 62.8 Å². The van der Waals surface area contributed by atoms with Crippen molar-refractivity contribution in [2.45, 2.75) is 156 Å². The standard InChI is InChI=1S/C44H72N4O6SSi/c1-28(2)22-33(23-32-18-16-15-17-19-32)45-41(51)36-27-55-42(46-36)40(53-31(7)49)26-37(30(5)6)48(12)43(52)35(29(3)4)25-39(50)38-24-34(20-21-47(38)11)54-56(13,14)44(8,9)10/h15-19,27-30,33-35,37-38,40H,20-26H2,1-14H3,(H,45,51)/t33-,34-,35+,37-,38-,40-/m1/s1. The number of carbonyl (C=O) groups excluding carboxylic acids is 4. The van der Waals surface area contributed by atoms with Crippen molar-refractivity contribution < 1.29 is 28.3 Å². The smallest absolute Gasteiger partial charge is 0.303 e. The fraction of sp³-hybridized carbons (Fsp3) is 0.705. The van der Waals surface area contributed by atoms with Crippen LogP contribution in [0.4, 0.5) is 0 Å². The van der Waals surface area contributed by atoms with Crippen molar-refractivity contribution in [2.75, 3.05) is 20.6 Å². The maximum atomic E-state index is 14.4. The van der Waals surface area contributed by atoms with E-state index in [1.807, 2.05) is 52.9 Å². The summed E-state index contributed by atoms with van der Waals surface area (Å²) >= 11 is 1.28. The third-order valence-corrected chi connectivity index (χ3v) is 17.3. The minimum Gasteiger partial charge on any atom is -0.455 e. The van der Waals surface area contributed by atoms with Crippen LogP contribution in [0.5, 0.6) is 0 Å². The molecule has 1 N–H and O–H groups in total. The van der Waals surface area contributed by atoms with Gasteiger partial charge in [0.15, 0.2) is 20.2 Å². The molecule has 12 heteroatoms. The van der Waals surface area contributed by atoms with E-state index in [9.17, 15) is 19.2 Å². The van der Waals surface area contributed by atoms with Gasteiger partial charge in [0.1, 0.15) is 10.7 Å². The fourth-order valence-electron chi connectivity index (χ4n) is 7.47. The lowest BCUT2D eigenvalue weighted by Gasteiger charge is -2.43. The second kappa shape index (κ2) is 20.7. The highest BCUT2D eigenvalue weighted by atomic mass is 32.1. The zero-order valence-electron chi connectivity index (χ0n) is 36.8. The molecule has 3 rings (SSSR count). The summed E-state index contributed by atoms with van der Waals surface area (Å²) in [6.07, 6.45) is 2.76. The van der Waals surface area contributed by atoms with E-state index in [1.54, 1.807) is 17.3 Å². The second-order valence-electron chi connectivity index (χ2n) is 18.7. The van der Waals surface area contributed by atoms with Crippen LogP contribution in [0.3, 0.4) is 0 Å². The molecule has 10 nitrogen and oxygen atoms in total. The number of hydrogen-bond donors (Lipinski definition) is 1. The van der Waals surface area contributed by atoms with Crippen molar-refractivity contribution in [3.8, 4) is 0 Å². The van der Waals surface area contributed by atoms with Crippen LogP contribution >= 0.6 is 11.3 Å². The largest absolute Gasteiger partial charge is 0.455 e. The number of hydrogen-bond acceptors (Lipinski definition) is 9. The summed E-state index contributed by atoms with van der Waals surface area (Å²) in [5.74, 6) is -0.960. The average Bonchev–Trinajstić information content (AvgIpc) is 3.59. The van der Waals surface area contributed by atoms with Crippen LogP contribution in [-0.4, -0.2) is 91.5 Å². The second-order valence-corrected chi connectivity index (χ2v) is 24.3. The number of carbonyl (C=O) groups is 4. The third kappa shape index (κ3) is 13.6. The number of nitrogens with one attached hydrogen (secondary N) is 1. The Hall–Kier alpha value is -2.93. The number of Topliss-reactive ketones (excluding diaryl/α,β-unsaturated/α-hetero) is 1. The molecule has 0 radical (unpaired) electrons. The van der Waals surface area contributed by atoms with Gasteiger partial charge in [-0.25, -0.2) is 4.98 Å². The Bertz CT molecular complexity index is 1590. The molecule has 2 heterocycles. The van der Waals surface area contributed by atoms with E-state index < -0.39 is 26.3 Å². The van der Waals surface area contributed by atoms with Crippen molar-refractivity contribution in [2.24, 2.45) is 23.7 Å². The number of ketones is 1. The fourth-order valence-corrected chi connectivity index (χ4v) is 9.71. The van der Waals surface area contributed by atoms with Crippen molar-refractivity contribution >= 4 is 43.2 Å². The van der Waals surface area contributed by atoms with Crippen LogP contribution in [0.2, 0.25) is 18.1 Å². The number of nitrogens with zero attached hydrogens (tertiary/aromatic N) is 3. The molecule has 0 unspecified atom stereocenters. The molecule has 56 heavy (non-hydrogen) atoms. The van der Waals surface area contributed by atoms with Gasteiger partial charge in [0.2, 0.25) is 5.91 Å². The predicted octanol–water partition coefficient (Wildman–Crippen LogP) is 8.72. The number of thiazole rings is 1. The molecule has 1 aromatic heterocycles. The van der Waals surface area contributed by atoms with E-state index in [0.717, 1.165) is 24.9 Å². The van der Waals surface area contributed by atoms with E-state index in [1.165, 1.54) is 18.3 Å². The minimum atomic E-state index is -2.01. The van der Waals surface area contributed by atoms with Crippen molar-refractivity contribution in [3.05, 3.63) is 52.0 Å². The zero-order valence-corrected chi connectivity index (χ0v) is 38.6. The van der Waals surface area contributed by atoms with Gasteiger partial charge in [-0.2, -0.15) is 0 Å². The number of ether oxygens (including phenoxy) is 1. The molecule has 0 spiro atoms. The quantitative estimate of drug-likeness (QED) is 0.111. The molecule has 1 aliphatic rings. The monoisotopic (exact) mass is 812 g/mol. The summed E-state index contributed by atoms with van der Waals surface area (Å²) in [5, 5.41) is 5.48. The molecule has 1 fully saturated rings. The highest BCUT2D eigenvalue weighted by molar-refractivity contribution is 7.09. The van der Waals surface area contributed by atoms with E-state index in [-0.39, 0.29) is 70.8 Å². The molecule has 0 saturated carbocycles. The van der Waals surface area contributed by atoms with Gasteiger partial charge < -0.3 is 19.4 Å². The molecule has 0 bridgehead atoms. The third-order valence-electron chi connectivity index (χ3n) is 11.8. The van der Waals surface area contributed by atoms with E-state index in [0.29, 0.717) is 30.2 Å². The average molecular weight is 813 g/mol. The Morgan fingerprint density at radius 1 is 1.02 bits per heavy atom. The lowest BCUT2D eigenvalue weighted by molar-refractivity contribution is -0.149. The van der Waals surface area contributed by atoms with Gasteiger partial charge in [-0.3, -0.25) is 24.1 Å². The molecule has 2 amide bonds. The number of benzene rings is 1. The summed E-state index contributed by atoms with van der Waals surface area (Å²) in [6, 6.07) is 9.41. The first-order valence-corrected chi connectivity index (χ1v) is 24.4. The first-order chi connectivity index (χ1) is 26.0. The summed E-state index contributed by atoms with van der Waals surface area (Å²) < 4.78 is 12.6. The van der Waals surface area contributed by atoms with Crippen LogP contribution < -0.4 is 5.32 Å². The number of amides is 2. The Morgan fingerprint density at radius 2 is 1.66 bits per heavy atom. The summed E-state index contributed by atoms with van der Waals surface area (Å²) in [6.45, 7) is 25.7. The van der Waals surface area contributed by atoms with Gasteiger partial charge >= 0.3 is 5.97 Å². The normalized spacial score (nSPS) is 19.1. The summed E-state index contributed by atoms with van der Waals surface area (Å²) in [4.78, 5) is 63.0. The number of rotatable bonds is 19. The minimum absolute atomic E-state index is 0.000698. The molecule has 0 aliphatic carbocycles.